The Balaban J connectivity index is 1.44. The zero-order chi connectivity index (χ0) is 28.7. The molecule has 2 aliphatic rings. The van der Waals surface area contributed by atoms with E-state index in [0.29, 0.717) is 30.8 Å². The van der Waals surface area contributed by atoms with Gasteiger partial charge in [0.15, 0.2) is 15.6 Å². The zero-order valence-electron chi connectivity index (χ0n) is 23.5. The van der Waals surface area contributed by atoms with E-state index in [4.69, 9.17) is 9.84 Å². The Morgan fingerprint density at radius 2 is 1.85 bits per heavy atom. The molecular formula is C28H39N5O5S2. The van der Waals surface area contributed by atoms with Crippen LogP contribution in [-0.4, -0.2) is 104 Å². The molecule has 1 atom stereocenters. The maximum atomic E-state index is 13.5. The maximum absolute atomic E-state index is 13.5. The van der Waals surface area contributed by atoms with Crippen LogP contribution in [0.1, 0.15) is 48.6 Å². The van der Waals surface area contributed by atoms with Crippen molar-refractivity contribution in [1.82, 2.24) is 19.8 Å². The van der Waals surface area contributed by atoms with E-state index in [1.165, 1.54) is 11.3 Å². The van der Waals surface area contributed by atoms with E-state index < -0.39 is 9.84 Å². The lowest BCUT2D eigenvalue weighted by atomic mass is 10.0. The van der Waals surface area contributed by atoms with Crippen molar-refractivity contribution in [2.75, 3.05) is 52.2 Å². The Kier molecular flexibility index (Phi) is 10.4. The van der Waals surface area contributed by atoms with Crippen molar-refractivity contribution in [2.24, 2.45) is 5.10 Å². The quantitative estimate of drug-likeness (QED) is 0.274. The van der Waals surface area contributed by atoms with Crippen LogP contribution >= 0.6 is 11.3 Å². The lowest BCUT2D eigenvalue weighted by Crippen LogP contribution is -2.52. The second kappa shape index (κ2) is 13.8. The minimum Gasteiger partial charge on any atom is -0.385 e. The number of Topliss-reactive ketones (excluding diaryl/α,β-unsaturated/α-hetero) is 1. The van der Waals surface area contributed by atoms with E-state index >= 15 is 0 Å². The van der Waals surface area contributed by atoms with Gasteiger partial charge in [-0.1, -0.05) is 12.1 Å². The first-order valence-corrected chi connectivity index (χ1v) is 16.2. The first-order chi connectivity index (χ1) is 19.2. The Labute approximate surface area is 240 Å². The van der Waals surface area contributed by atoms with Crippen molar-refractivity contribution in [3.05, 3.63) is 45.9 Å². The highest BCUT2D eigenvalue weighted by Crippen LogP contribution is 2.21. The first kappa shape index (κ1) is 30.3. The van der Waals surface area contributed by atoms with Crippen molar-refractivity contribution in [1.29, 1.82) is 0 Å². The van der Waals surface area contributed by atoms with Crippen LogP contribution in [0.3, 0.4) is 0 Å². The zero-order valence-corrected chi connectivity index (χ0v) is 25.2. The fraction of sp³-hybridized carbons (Fsp3) is 0.571. The van der Waals surface area contributed by atoms with Gasteiger partial charge in [0.2, 0.25) is 5.91 Å². The van der Waals surface area contributed by atoms with Gasteiger partial charge in [-0.3, -0.25) is 19.5 Å². The van der Waals surface area contributed by atoms with Gasteiger partial charge in [0, 0.05) is 82.6 Å². The van der Waals surface area contributed by atoms with Crippen molar-refractivity contribution in [2.45, 2.75) is 57.0 Å². The van der Waals surface area contributed by atoms with Gasteiger partial charge in [0.1, 0.15) is 10.7 Å². The van der Waals surface area contributed by atoms with Gasteiger partial charge in [-0.2, -0.15) is 5.10 Å². The largest absolute Gasteiger partial charge is 0.385 e. The van der Waals surface area contributed by atoms with Gasteiger partial charge in [0.05, 0.1) is 17.1 Å². The van der Waals surface area contributed by atoms with Gasteiger partial charge in [-0.25, -0.2) is 13.4 Å². The van der Waals surface area contributed by atoms with Crippen LogP contribution in [-0.2, 0) is 37.1 Å². The van der Waals surface area contributed by atoms with Crippen molar-refractivity contribution in [3.8, 4) is 0 Å². The summed E-state index contributed by atoms with van der Waals surface area (Å²) in [6.45, 7) is 8.69. The number of aromatic nitrogens is 1. The fourth-order valence-corrected chi connectivity index (χ4v) is 7.38. The molecule has 0 unspecified atom stereocenters. The van der Waals surface area contributed by atoms with Gasteiger partial charge < -0.3 is 9.64 Å². The third-order valence-electron chi connectivity index (χ3n) is 7.25. The smallest absolute Gasteiger partial charge is 0.219 e. The molecule has 1 aromatic heterocycles. The molecule has 2 fully saturated rings. The van der Waals surface area contributed by atoms with Gasteiger partial charge in [-0.05, 0) is 38.3 Å². The predicted octanol–water partition coefficient (Wildman–Crippen LogP) is 2.62. The van der Waals surface area contributed by atoms with Crippen LogP contribution < -0.4 is 0 Å². The number of hydrazone groups is 1. The van der Waals surface area contributed by atoms with Crippen LogP contribution in [0.4, 0.5) is 0 Å². The summed E-state index contributed by atoms with van der Waals surface area (Å²) in [7, 11) is -1.89. The summed E-state index contributed by atoms with van der Waals surface area (Å²) in [5, 5.41) is 7.33. The molecule has 4 rings (SSSR count). The molecule has 0 spiro atoms. The van der Waals surface area contributed by atoms with Crippen LogP contribution in [0.5, 0.6) is 0 Å². The highest BCUT2D eigenvalue weighted by molar-refractivity contribution is 7.91. The molecule has 1 aromatic carbocycles. The monoisotopic (exact) mass is 589 g/mol. The average Bonchev–Trinajstić information content (AvgIpc) is 3.59. The third kappa shape index (κ3) is 7.96. The molecule has 0 aliphatic carbocycles. The number of rotatable bonds is 12. The van der Waals surface area contributed by atoms with Crippen LogP contribution in [0.15, 0.2) is 40.5 Å². The number of hydrogen-bond acceptors (Lipinski definition) is 10. The molecule has 2 aliphatic heterocycles. The maximum Gasteiger partial charge on any atom is 0.219 e. The van der Waals surface area contributed by atoms with Crippen molar-refractivity contribution in [3.63, 3.8) is 0 Å². The Bertz CT molecular complexity index is 1300. The van der Waals surface area contributed by atoms with Gasteiger partial charge in [0.25, 0.3) is 0 Å². The lowest BCUT2D eigenvalue weighted by molar-refractivity contribution is -0.133. The van der Waals surface area contributed by atoms with E-state index in [9.17, 15) is 18.0 Å². The molecule has 0 saturated carbocycles. The number of ketones is 1. The number of nitrogens with zero attached hydrogens (tertiary/aromatic N) is 5. The molecule has 2 aromatic rings. The highest BCUT2D eigenvalue weighted by Gasteiger charge is 2.26. The SMILES string of the molecule is COCCCS(=O)(=O)c1ccc(/C(=N\N2CCCC2)C(=O)Cc2ncc(CN3CCN(C(C)=O)[C@@H](C)C3)s2)cc1. The van der Waals surface area contributed by atoms with Crippen LogP contribution in [0, 0.1) is 0 Å². The lowest BCUT2D eigenvalue weighted by Gasteiger charge is -2.39. The number of piperazine rings is 1. The van der Waals surface area contributed by atoms with E-state index in [2.05, 4.69) is 16.8 Å². The number of carbonyl (C=O) groups is 2. The summed E-state index contributed by atoms with van der Waals surface area (Å²) in [5.41, 5.74) is 0.929. The minimum absolute atomic E-state index is 0.00550. The molecule has 2 saturated heterocycles. The summed E-state index contributed by atoms with van der Waals surface area (Å²) in [5.74, 6) is -0.0337. The molecule has 218 valence electrons. The number of sulfone groups is 1. The number of benzene rings is 1. The molecule has 3 heterocycles. The predicted molar refractivity (Wildman–Crippen MR) is 155 cm³/mol. The van der Waals surface area contributed by atoms with Crippen LogP contribution in [0.2, 0.25) is 0 Å². The second-order valence-corrected chi connectivity index (χ2v) is 13.7. The molecule has 1 amide bonds. The summed E-state index contributed by atoms with van der Waals surface area (Å²) in [6.07, 6.45) is 4.43. The Morgan fingerprint density at radius 1 is 1.12 bits per heavy atom. The summed E-state index contributed by atoms with van der Waals surface area (Å²) < 4.78 is 30.3. The number of amides is 1. The fourth-order valence-electron chi connectivity index (χ4n) is 5.14. The van der Waals surface area contributed by atoms with E-state index in [0.717, 1.165) is 55.5 Å². The van der Waals surface area contributed by atoms with Gasteiger partial charge in [-0.15, -0.1) is 11.3 Å². The number of ether oxygens (including phenoxy) is 1. The molecule has 10 nitrogen and oxygen atoms in total. The summed E-state index contributed by atoms with van der Waals surface area (Å²) in [6, 6.07) is 6.62. The summed E-state index contributed by atoms with van der Waals surface area (Å²) in [4.78, 5) is 35.3. The first-order valence-electron chi connectivity index (χ1n) is 13.8. The molecule has 0 N–H and O–H groups in total. The third-order valence-corrected chi connectivity index (χ3v) is 10.0. The van der Waals surface area contributed by atoms with Crippen LogP contribution in [0.25, 0.3) is 0 Å². The van der Waals surface area contributed by atoms with E-state index in [1.54, 1.807) is 38.3 Å². The summed E-state index contributed by atoms with van der Waals surface area (Å²) >= 11 is 1.52. The van der Waals surface area contributed by atoms with E-state index in [1.807, 2.05) is 16.1 Å². The van der Waals surface area contributed by atoms with Gasteiger partial charge >= 0.3 is 0 Å². The number of thiazole rings is 1. The number of methoxy groups -OCH3 is 1. The standard InChI is InChI=1S/C28H39N5O5S2/c1-21-19-31(13-14-33(21)22(2)34)20-24-18-29-27(39-24)17-26(35)28(30-32-11-4-5-12-32)23-7-9-25(10-8-23)40(36,37)16-6-15-38-3/h7-10,18,21H,4-6,11-17,19-20H2,1-3H3/b30-28+/t21-/m0/s1. The average molecular weight is 590 g/mol. The molecule has 40 heavy (non-hydrogen) atoms. The number of carbonyl (C=O) groups excluding carboxylic acids is 2. The molecule has 0 radical (unpaired) electrons. The second-order valence-electron chi connectivity index (χ2n) is 10.4. The molecular weight excluding hydrogens is 550 g/mol. The Morgan fingerprint density at radius 3 is 2.50 bits per heavy atom. The normalized spacial score (nSPS) is 18.9. The minimum atomic E-state index is -3.43. The van der Waals surface area contributed by atoms with E-state index in [-0.39, 0.29) is 34.8 Å². The molecule has 0 bridgehead atoms. The Hall–Kier alpha value is -2.67. The van der Waals surface area contributed by atoms with Crippen molar-refractivity contribution < 1.29 is 22.7 Å². The van der Waals surface area contributed by atoms with Crippen molar-refractivity contribution >= 4 is 38.6 Å². The highest BCUT2D eigenvalue weighted by atomic mass is 32.2. The molecule has 12 heteroatoms. The topological polar surface area (TPSA) is 112 Å². The number of hydrogen-bond donors (Lipinski definition) is 0.